The minimum Gasteiger partial charge on any atom is -0.394 e. The third kappa shape index (κ3) is 3.14. The number of aromatic amines is 1. The lowest BCUT2D eigenvalue weighted by molar-refractivity contribution is -0.200. The van der Waals surface area contributed by atoms with Crippen molar-refractivity contribution in [3.05, 3.63) is 32.6 Å². The van der Waals surface area contributed by atoms with E-state index in [9.17, 15) is 14.7 Å². The van der Waals surface area contributed by atoms with E-state index in [4.69, 9.17) is 14.2 Å². The largest absolute Gasteiger partial charge is 0.394 e. The van der Waals surface area contributed by atoms with Gasteiger partial charge in [-0.15, -0.1) is 0 Å². The molecular formula is C17H25N3O6. The molecule has 3 aliphatic rings. The maximum absolute atomic E-state index is 12.4. The molecule has 144 valence electrons. The fraction of sp³-hybridized carbons (Fsp3) is 0.765. The molecule has 0 radical (unpaired) electrons. The lowest BCUT2D eigenvalue weighted by Crippen LogP contribution is -2.39. The Bertz CT molecular complexity index is 781. The number of fused-ring (bicyclic) bond motifs is 1. The first-order valence-corrected chi connectivity index (χ1v) is 9.06. The Hall–Kier alpha value is -1.52. The highest BCUT2D eigenvalue weighted by Gasteiger charge is 2.55. The number of likely N-dealkylation sites (tertiary alicyclic amines) is 1. The highest BCUT2D eigenvalue weighted by Crippen LogP contribution is 2.42. The van der Waals surface area contributed by atoms with Crippen molar-refractivity contribution in [2.75, 3.05) is 19.7 Å². The molecule has 0 bridgehead atoms. The second-order valence-electron chi connectivity index (χ2n) is 7.62. The van der Waals surface area contributed by atoms with Gasteiger partial charge in [0.25, 0.3) is 5.56 Å². The van der Waals surface area contributed by atoms with Gasteiger partial charge in [-0.25, -0.2) is 4.79 Å². The van der Waals surface area contributed by atoms with Gasteiger partial charge in [-0.1, -0.05) is 0 Å². The van der Waals surface area contributed by atoms with Gasteiger partial charge >= 0.3 is 5.69 Å². The maximum atomic E-state index is 12.4. The molecule has 9 heteroatoms. The summed E-state index contributed by atoms with van der Waals surface area (Å²) < 4.78 is 18.9. The lowest BCUT2D eigenvalue weighted by atomic mass is 10.1. The summed E-state index contributed by atoms with van der Waals surface area (Å²) in [5.74, 6) is -0.824. The summed E-state index contributed by atoms with van der Waals surface area (Å²) in [6, 6.07) is 0. The number of aliphatic hydroxyl groups excluding tert-OH is 1. The van der Waals surface area contributed by atoms with Crippen LogP contribution < -0.4 is 11.2 Å². The van der Waals surface area contributed by atoms with Gasteiger partial charge in [0.05, 0.1) is 6.61 Å². The Morgan fingerprint density at radius 3 is 2.62 bits per heavy atom. The number of H-pyrrole nitrogens is 1. The van der Waals surface area contributed by atoms with Crippen molar-refractivity contribution >= 4 is 0 Å². The van der Waals surface area contributed by atoms with Crippen LogP contribution in [0.5, 0.6) is 0 Å². The maximum Gasteiger partial charge on any atom is 0.330 e. The summed E-state index contributed by atoms with van der Waals surface area (Å²) in [5.41, 5.74) is -0.427. The van der Waals surface area contributed by atoms with Crippen LogP contribution in [-0.2, 0) is 20.8 Å². The zero-order valence-corrected chi connectivity index (χ0v) is 15.0. The summed E-state index contributed by atoms with van der Waals surface area (Å²) in [5, 5.41) is 9.59. The molecule has 3 saturated heterocycles. The Kier molecular flexibility index (Phi) is 4.52. The van der Waals surface area contributed by atoms with Crippen LogP contribution in [0.4, 0.5) is 0 Å². The molecule has 2 N–H and O–H groups in total. The van der Waals surface area contributed by atoms with Crippen molar-refractivity contribution in [2.45, 2.75) is 63.6 Å². The predicted molar refractivity (Wildman–Crippen MR) is 90.7 cm³/mol. The average Bonchev–Trinajstić information content (AvgIpc) is 3.25. The van der Waals surface area contributed by atoms with Crippen LogP contribution in [0.25, 0.3) is 0 Å². The molecule has 1 aromatic rings. The molecule has 26 heavy (non-hydrogen) atoms. The molecule has 0 unspecified atom stereocenters. The van der Waals surface area contributed by atoms with E-state index in [1.165, 1.54) is 4.57 Å². The van der Waals surface area contributed by atoms with Gasteiger partial charge in [-0.2, -0.15) is 0 Å². The van der Waals surface area contributed by atoms with Gasteiger partial charge in [0, 0.05) is 18.3 Å². The minimum absolute atomic E-state index is 0.240. The number of hydrogen-bond acceptors (Lipinski definition) is 7. The van der Waals surface area contributed by atoms with Gasteiger partial charge in [-0.05, 0) is 39.8 Å². The summed E-state index contributed by atoms with van der Waals surface area (Å²) in [6.45, 7) is 5.71. The van der Waals surface area contributed by atoms with E-state index in [-0.39, 0.29) is 12.2 Å². The van der Waals surface area contributed by atoms with Gasteiger partial charge in [0.1, 0.15) is 18.3 Å². The summed E-state index contributed by atoms with van der Waals surface area (Å²) in [6.07, 6.45) is 1.42. The fourth-order valence-electron chi connectivity index (χ4n) is 4.04. The number of rotatable bonds is 4. The Balaban J connectivity index is 1.66. The summed E-state index contributed by atoms with van der Waals surface area (Å²) >= 11 is 0. The van der Waals surface area contributed by atoms with Crippen LogP contribution in [0.1, 0.15) is 38.5 Å². The molecule has 4 heterocycles. The number of ether oxygens (including phenoxy) is 3. The second-order valence-corrected chi connectivity index (χ2v) is 7.62. The van der Waals surface area contributed by atoms with Gasteiger partial charge in [-0.3, -0.25) is 19.2 Å². The van der Waals surface area contributed by atoms with Crippen LogP contribution >= 0.6 is 0 Å². The molecule has 0 aliphatic carbocycles. The van der Waals surface area contributed by atoms with E-state index >= 15 is 0 Å². The van der Waals surface area contributed by atoms with E-state index in [1.807, 2.05) is 0 Å². The summed E-state index contributed by atoms with van der Waals surface area (Å²) in [7, 11) is 0. The van der Waals surface area contributed by atoms with E-state index in [0.717, 1.165) is 25.9 Å². The SMILES string of the molecule is CC1(C)O[C@@H]2[C@H](O1)[C@@H](CO)O[C@H]2n1cc(CN2CCCC2)c(=O)[nH]c1=O. The van der Waals surface area contributed by atoms with Crippen molar-refractivity contribution in [2.24, 2.45) is 0 Å². The first-order valence-electron chi connectivity index (χ1n) is 9.06. The first kappa shape index (κ1) is 17.9. The molecule has 4 atom stereocenters. The average molecular weight is 367 g/mol. The quantitative estimate of drug-likeness (QED) is 0.742. The zero-order chi connectivity index (χ0) is 18.5. The number of aliphatic hydroxyl groups is 1. The van der Waals surface area contributed by atoms with Gasteiger partial charge in [0.2, 0.25) is 0 Å². The Labute approximate surface area is 150 Å². The standard InChI is InChI=1S/C17H25N3O6/c1-17(2)25-12-11(9-21)24-15(13(12)26-17)20-8-10(14(22)18-16(20)23)7-19-5-3-4-6-19/h8,11-13,15,21H,3-7,9H2,1-2H3,(H,18,22,23)/t11-,12-,13-,15-/m1/s1. The third-order valence-electron chi connectivity index (χ3n) is 5.21. The third-order valence-corrected chi connectivity index (χ3v) is 5.21. The van der Waals surface area contributed by atoms with Crippen molar-refractivity contribution in [1.29, 1.82) is 0 Å². The van der Waals surface area contributed by atoms with Crippen LogP contribution in [0.3, 0.4) is 0 Å². The molecule has 0 saturated carbocycles. The topological polar surface area (TPSA) is 106 Å². The highest BCUT2D eigenvalue weighted by molar-refractivity contribution is 5.07. The lowest BCUT2D eigenvalue weighted by Gasteiger charge is -2.24. The minimum atomic E-state index is -0.824. The van der Waals surface area contributed by atoms with E-state index < -0.39 is 36.0 Å². The predicted octanol–water partition coefficient (Wildman–Crippen LogP) is -0.458. The number of aromatic nitrogens is 2. The van der Waals surface area contributed by atoms with Crippen LogP contribution in [0.2, 0.25) is 0 Å². The molecule has 0 spiro atoms. The van der Waals surface area contributed by atoms with Crippen molar-refractivity contribution in [1.82, 2.24) is 14.5 Å². The molecule has 0 amide bonds. The second kappa shape index (κ2) is 6.58. The number of nitrogens with zero attached hydrogens (tertiary/aromatic N) is 2. The molecule has 9 nitrogen and oxygen atoms in total. The monoisotopic (exact) mass is 367 g/mol. The van der Waals surface area contributed by atoms with Crippen LogP contribution in [0.15, 0.2) is 15.8 Å². The van der Waals surface area contributed by atoms with E-state index in [0.29, 0.717) is 12.1 Å². The fourth-order valence-corrected chi connectivity index (χ4v) is 4.04. The Morgan fingerprint density at radius 1 is 1.23 bits per heavy atom. The van der Waals surface area contributed by atoms with Crippen molar-refractivity contribution in [3.8, 4) is 0 Å². The smallest absolute Gasteiger partial charge is 0.330 e. The van der Waals surface area contributed by atoms with Crippen LogP contribution in [0, 0.1) is 0 Å². The van der Waals surface area contributed by atoms with E-state index in [1.54, 1.807) is 20.0 Å². The van der Waals surface area contributed by atoms with E-state index in [2.05, 4.69) is 9.88 Å². The zero-order valence-electron chi connectivity index (χ0n) is 15.0. The highest BCUT2D eigenvalue weighted by atomic mass is 16.8. The normalized spacial score (nSPS) is 33.7. The molecule has 3 fully saturated rings. The summed E-state index contributed by atoms with van der Waals surface area (Å²) in [4.78, 5) is 29.2. The van der Waals surface area contributed by atoms with Gasteiger partial charge in [0.15, 0.2) is 12.0 Å². The first-order chi connectivity index (χ1) is 12.4. The van der Waals surface area contributed by atoms with Gasteiger partial charge < -0.3 is 19.3 Å². The molecule has 1 aromatic heterocycles. The number of nitrogens with one attached hydrogen (secondary N) is 1. The van der Waals surface area contributed by atoms with Crippen molar-refractivity contribution < 1.29 is 19.3 Å². The molecular weight excluding hydrogens is 342 g/mol. The molecule has 3 aliphatic heterocycles. The molecule has 4 rings (SSSR count). The number of hydrogen-bond donors (Lipinski definition) is 2. The Morgan fingerprint density at radius 2 is 1.92 bits per heavy atom. The molecule has 0 aromatic carbocycles. The van der Waals surface area contributed by atoms with Crippen molar-refractivity contribution in [3.63, 3.8) is 0 Å². The van der Waals surface area contributed by atoms with Crippen LogP contribution in [-0.4, -0.2) is 63.4 Å².